The molecule has 0 unspecified atom stereocenters. The Morgan fingerprint density at radius 3 is 2.65 bits per heavy atom. The number of hydrogen-bond donors (Lipinski definition) is 2. The smallest absolute Gasteiger partial charge is 0.272 e. The van der Waals surface area contributed by atoms with Gasteiger partial charge < -0.3 is 20.4 Å². The first-order chi connectivity index (χ1) is 23.9. The molecule has 0 atom stereocenters. The summed E-state index contributed by atoms with van der Waals surface area (Å²) in [6, 6.07) is 12.4. The second kappa shape index (κ2) is 11.7. The van der Waals surface area contributed by atoms with Crippen LogP contribution in [0.1, 0.15) is 53.6 Å². The monoisotopic (exact) mass is 661 g/mol. The second-order valence-corrected chi connectivity index (χ2v) is 13.5. The maximum Gasteiger partial charge on any atom is 0.272 e. The van der Waals surface area contributed by atoms with Gasteiger partial charge in [-0.15, -0.1) is 0 Å². The Bertz CT molecular complexity index is 2110. The Kier molecular flexibility index (Phi) is 7.07. The van der Waals surface area contributed by atoms with E-state index in [1.165, 1.54) is 6.07 Å². The number of carbonyl (C=O) groups excluding carboxylic acids is 2. The molecule has 3 fully saturated rings. The molecular formula is C35H36FN11O2. The van der Waals surface area contributed by atoms with Gasteiger partial charge in [-0.3, -0.25) is 19.2 Å². The van der Waals surface area contributed by atoms with Crippen molar-refractivity contribution in [3.8, 4) is 11.1 Å². The van der Waals surface area contributed by atoms with Crippen molar-refractivity contribution in [1.29, 1.82) is 0 Å². The molecule has 250 valence electrons. The molecule has 0 bridgehead atoms. The second-order valence-electron chi connectivity index (χ2n) is 13.5. The van der Waals surface area contributed by atoms with Crippen LogP contribution in [-0.4, -0.2) is 84.2 Å². The number of hydrogen-bond acceptors (Lipinski definition) is 9. The number of anilines is 4. The molecule has 0 spiro atoms. The lowest BCUT2D eigenvalue weighted by atomic mass is 9.97. The fourth-order valence-electron chi connectivity index (χ4n) is 7.30. The lowest BCUT2D eigenvalue weighted by Gasteiger charge is -2.40. The third-order valence-corrected chi connectivity index (χ3v) is 9.94. The number of benzene rings is 1. The van der Waals surface area contributed by atoms with Gasteiger partial charge in [0.15, 0.2) is 5.65 Å². The summed E-state index contributed by atoms with van der Waals surface area (Å²) in [5.74, 6) is 0.602. The van der Waals surface area contributed by atoms with E-state index in [0.717, 1.165) is 80.1 Å². The molecule has 1 saturated carbocycles. The maximum atomic E-state index is 15.3. The van der Waals surface area contributed by atoms with Gasteiger partial charge in [0, 0.05) is 68.9 Å². The van der Waals surface area contributed by atoms with Crippen molar-refractivity contribution in [2.75, 3.05) is 48.8 Å². The first kappa shape index (κ1) is 29.7. The van der Waals surface area contributed by atoms with Crippen molar-refractivity contribution >= 4 is 40.5 Å². The molecule has 9 rings (SSSR count). The van der Waals surface area contributed by atoms with Crippen LogP contribution in [0.25, 0.3) is 16.8 Å². The summed E-state index contributed by atoms with van der Waals surface area (Å²) in [5.41, 5.74) is 6.08. The largest absolute Gasteiger partial charge is 0.366 e. The van der Waals surface area contributed by atoms with E-state index >= 15 is 4.39 Å². The quantitative estimate of drug-likeness (QED) is 0.248. The molecule has 2 saturated heterocycles. The number of carbonyl (C=O) groups is 2. The molecule has 2 N–H and O–H groups in total. The molecule has 7 heterocycles. The summed E-state index contributed by atoms with van der Waals surface area (Å²) < 4.78 is 19.0. The highest BCUT2D eigenvalue weighted by molar-refractivity contribution is 5.95. The Morgan fingerprint density at radius 2 is 1.84 bits per heavy atom. The highest BCUT2D eigenvalue weighted by Gasteiger charge is 2.35. The molecule has 14 heteroatoms. The normalized spacial score (nSPS) is 17.6. The van der Waals surface area contributed by atoms with E-state index in [2.05, 4.69) is 40.2 Å². The lowest BCUT2D eigenvalue weighted by molar-refractivity contribution is -0.117. The van der Waals surface area contributed by atoms with Crippen molar-refractivity contribution in [2.24, 2.45) is 5.92 Å². The van der Waals surface area contributed by atoms with Crippen molar-refractivity contribution in [1.82, 2.24) is 39.2 Å². The molecule has 2 amide bonds. The van der Waals surface area contributed by atoms with Gasteiger partial charge in [-0.05, 0) is 49.9 Å². The molecular weight excluding hydrogens is 625 g/mol. The number of halogens is 1. The number of fused-ring (bicyclic) bond motifs is 4. The number of likely N-dealkylation sites (tertiary alicyclic amines) is 2. The minimum atomic E-state index is -0.379. The van der Waals surface area contributed by atoms with E-state index in [9.17, 15) is 9.59 Å². The van der Waals surface area contributed by atoms with Crippen molar-refractivity contribution < 1.29 is 14.0 Å². The van der Waals surface area contributed by atoms with Gasteiger partial charge in [0.1, 0.15) is 23.1 Å². The van der Waals surface area contributed by atoms with E-state index in [0.29, 0.717) is 41.8 Å². The van der Waals surface area contributed by atoms with Crippen LogP contribution in [0.3, 0.4) is 0 Å². The molecule has 0 radical (unpaired) electrons. The fraction of sp³-hybridized carbons (Fsp3) is 0.371. The van der Waals surface area contributed by atoms with Gasteiger partial charge in [-0.2, -0.15) is 14.7 Å². The summed E-state index contributed by atoms with van der Waals surface area (Å²) in [7, 11) is 1.99. The number of aromatic nitrogens is 6. The van der Waals surface area contributed by atoms with Crippen molar-refractivity contribution in [3.63, 3.8) is 0 Å². The van der Waals surface area contributed by atoms with Gasteiger partial charge in [0.25, 0.3) is 5.91 Å². The number of nitrogens with zero attached hydrogens (tertiary/aromatic N) is 9. The zero-order valence-corrected chi connectivity index (χ0v) is 27.1. The summed E-state index contributed by atoms with van der Waals surface area (Å²) in [6.07, 6.45) is 7.36. The van der Waals surface area contributed by atoms with Crippen LogP contribution < -0.4 is 15.5 Å². The number of amides is 2. The standard InChI is InChI=1S/C35H36FN11O2/c1-43-20-29-26(16-38-46(29)24-18-44(19-24)17-23-5-4-6-27(39-23)35(49)45-11-2-3-12-45)25-13-22(36)14-28(33(25)43)40-32-15-30(42-34(48)21-7-8-21)41-31-9-10-37-47(31)32/h4-6,9-10,13-16,21,24,40H,2-3,7-8,11-12,17-20H2,1H3,(H,41,42,48). The van der Waals surface area contributed by atoms with Crippen molar-refractivity contribution in [2.45, 2.75) is 44.8 Å². The predicted octanol–water partition coefficient (Wildman–Crippen LogP) is 4.46. The Labute approximate surface area is 281 Å². The van der Waals surface area contributed by atoms with Crippen LogP contribution in [0.2, 0.25) is 0 Å². The van der Waals surface area contributed by atoms with Gasteiger partial charge in [-0.25, -0.2) is 14.4 Å². The molecule has 3 aliphatic heterocycles. The maximum absolute atomic E-state index is 15.3. The average Bonchev–Trinajstić information content (AvgIpc) is 3.40. The summed E-state index contributed by atoms with van der Waals surface area (Å²) in [5, 5.41) is 15.5. The fourth-order valence-corrected chi connectivity index (χ4v) is 7.30. The molecule has 13 nitrogen and oxygen atoms in total. The van der Waals surface area contributed by atoms with E-state index in [4.69, 9.17) is 5.10 Å². The van der Waals surface area contributed by atoms with E-state index in [1.54, 1.807) is 35.0 Å². The highest BCUT2D eigenvalue weighted by atomic mass is 19.1. The van der Waals surface area contributed by atoms with E-state index < -0.39 is 0 Å². The minimum Gasteiger partial charge on any atom is -0.366 e. The molecule has 1 aliphatic carbocycles. The number of rotatable bonds is 8. The van der Waals surface area contributed by atoms with Gasteiger partial charge in [0.05, 0.1) is 47.7 Å². The minimum absolute atomic E-state index is 0.0146. The van der Waals surface area contributed by atoms with Crippen LogP contribution in [0.15, 0.2) is 54.9 Å². The zero-order chi connectivity index (χ0) is 33.2. The summed E-state index contributed by atoms with van der Waals surface area (Å²) in [6.45, 7) is 4.46. The molecule has 4 aromatic heterocycles. The van der Waals surface area contributed by atoms with E-state index in [1.807, 2.05) is 30.3 Å². The average molecular weight is 662 g/mol. The molecule has 4 aliphatic rings. The first-order valence-electron chi connectivity index (χ1n) is 16.9. The summed E-state index contributed by atoms with van der Waals surface area (Å²) in [4.78, 5) is 40.9. The van der Waals surface area contributed by atoms with Crippen LogP contribution in [-0.2, 0) is 17.9 Å². The third kappa shape index (κ3) is 5.45. The molecule has 1 aromatic carbocycles. The van der Waals surface area contributed by atoms with Gasteiger partial charge >= 0.3 is 0 Å². The Hall–Kier alpha value is -5.37. The highest BCUT2D eigenvalue weighted by Crippen LogP contribution is 2.45. The van der Waals surface area contributed by atoms with Gasteiger partial charge in [-0.1, -0.05) is 6.07 Å². The number of pyridine rings is 1. The van der Waals surface area contributed by atoms with Crippen LogP contribution >= 0.6 is 0 Å². The van der Waals surface area contributed by atoms with Crippen LogP contribution in [0.5, 0.6) is 0 Å². The van der Waals surface area contributed by atoms with E-state index in [-0.39, 0.29) is 29.6 Å². The lowest BCUT2D eigenvalue weighted by Crippen LogP contribution is -2.48. The molecule has 5 aromatic rings. The third-order valence-electron chi connectivity index (χ3n) is 9.94. The Balaban J connectivity index is 0.942. The van der Waals surface area contributed by atoms with Gasteiger partial charge in [0.2, 0.25) is 5.91 Å². The topological polar surface area (TPSA) is 129 Å². The summed E-state index contributed by atoms with van der Waals surface area (Å²) >= 11 is 0. The Morgan fingerprint density at radius 1 is 1.00 bits per heavy atom. The zero-order valence-electron chi connectivity index (χ0n) is 27.1. The van der Waals surface area contributed by atoms with Crippen molar-refractivity contribution in [3.05, 3.63) is 77.8 Å². The molecule has 49 heavy (non-hydrogen) atoms. The number of nitrogens with one attached hydrogen (secondary N) is 2. The van der Waals surface area contributed by atoms with Crippen LogP contribution in [0.4, 0.5) is 27.4 Å². The SMILES string of the molecule is CN1Cc2c(cnn2C2CN(Cc3cccc(C(=O)N4CCCC4)n3)C2)-c2cc(F)cc(Nc3cc(NC(=O)C4CC4)nc4ccnn34)c21. The van der Waals surface area contributed by atoms with Crippen LogP contribution in [0, 0.1) is 11.7 Å². The first-order valence-corrected chi connectivity index (χ1v) is 16.9. The predicted molar refractivity (Wildman–Crippen MR) is 181 cm³/mol.